The topological polar surface area (TPSA) is 54.3 Å². The molecule has 2 unspecified atom stereocenters. The number of aliphatic hydroxyl groups is 1. The lowest BCUT2D eigenvalue weighted by Crippen LogP contribution is -2.47. The van der Waals surface area contributed by atoms with Gasteiger partial charge in [-0.15, -0.1) is 0 Å². The minimum absolute atomic E-state index is 0.0964. The molecule has 0 amide bonds. The molecule has 2 heterocycles. The Morgan fingerprint density at radius 1 is 1.10 bits per heavy atom. The number of nitrogens with zero attached hydrogens (tertiary/aromatic N) is 2. The summed E-state index contributed by atoms with van der Waals surface area (Å²) in [4.78, 5) is 7.33. The summed E-state index contributed by atoms with van der Waals surface area (Å²) >= 11 is 1.74. The number of fused-ring (bicyclic) bond motifs is 3. The SMILES string of the molecule is CCOc1cc2c(cc1OCC)C1C(CO)CSC(=Nc3ccc(C)cc3)N1CC2. The fourth-order valence-corrected chi connectivity index (χ4v) is 5.44. The maximum atomic E-state index is 10.1. The molecule has 6 heteroatoms. The van der Waals surface area contributed by atoms with Gasteiger partial charge >= 0.3 is 0 Å². The minimum atomic E-state index is 0.0964. The number of hydrogen-bond donors (Lipinski definition) is 1. The van der Waals surface area contributed by atoms with Gasteiger partial charge in [-0.1, -0.05) is 29.5 Å². The molecule has 160 valence electrons. The van der Waals surface area contributed by atoms with E-state index in [2.05, 4.69) is 48.2 Å². The number of amidine groups is 1. The van der Waals surface area contributed by atoms with Crippen molar-refractivity contribution in [2.45, 2.75) is 33.2 Å². The molecule has 4 rings (SSSR count). The second-order valence-electron chi connectivity index (χ2n) is 7.74. The predicted molar refractivity (Wildman–Crippen MR) is 123 cm³/mol. The molecule has 30 heavy (non-hydrogen) atoms. The molecule has 2 aromatic rings. The van der Waals surface area contributed by atoms with E-state index in [1.54, 1.807) is 11.8 Å². The van der Waals surface area contributed by atoms with E-state index in [0.29, 0.717) is 13.2 Å². The van der Waals surface area contributed by atoms with E-state index in [-0.39, 0.29) is 18.6 Å². The van der Waals surface area contributed by atoms with E-state index < -0.39 is 0 Å². The Labute approximate surface area is 183 Å². The highest BCUT2D eigenvalue weighted by molar-refractivity contribution is 8.13. The molecule has 1 N–H and O–H groups in total. The first kappa shape index (κ1) is 21.1. The zero-order valence-electron chi connectivity index (χ0n) is 17.9. The van der Waals surface area contributed by atoms with Crippen molar-refractivity contribution >= 4 is 22.6 Å². The summed E-state index contributed by atoms with van der Waals surface area (Å²) in [6.45, 7) is 8.30. The van der Waals surface area contributed by atoms with Crippen LogP contribution < -0.4 is 9.47 Å². The molecule has 0 radical (unpaired) electrons. The van der Waals surface area contributed by atoms with Crippen LogP contribution in [0.3, 0.4) is 0 Å². The third kappa shape index (κ3) is 4.16. The van der Waals surface area contributed by atoms with E-state index in [1.807, 2.05) is 13.8 Å². The Kier molecular flexibility index (Phi) is 6.54. The van der Waals surface area contributed by atoms with Crippen molar-refractivity contribution in [3.63, 3.8) is 0 Å². The smallest absolute Gasteiger partial charge is 0.164 e. The highest BCUT2D eigenvalue weighted by Crippen LogP contribution is 2.46. The summed E-state index contributed by atoms with van der Waals surface area (Å²) in [5.74, 6) is 2.59. The van der Waals surface area contributed by atoms with Gasteiger partial charge < -0.3 is 19.5 Å². The average molecular weight is 427 g/mol. The summed E-state index contributed by atoms with van der Waals surface area (Å²) < 4.78 is 11.7. The number of aliphatic hydroxyl groups excluding tert-OH is 1. The fraction of sp³-hybridized carbons (Fsp3) is 0.458. The second kappa shape index (κ2) is 9.31. The molecule has 2 aliphatic heterocycles. The van der Waals surface area contributed by atoms with E-state index in [9.17, 15) is 5.11 Å². The van der Waals surface area contributed by atoms with Crippen LogP contribution >= 0.6 is 11.8 Å². The van der Waals surface area contributed by atoms with E-state index in [0.717, 1.165) is 41.1 Å². The first-order valence-corrected chi connectivity index (χ1v) is 11.7. The Morgan fingerprint density at radius 3 is 2.47 bits per heavy atom. The summed E-state index contributed by atoms with van der Waals surface area (Å²) in [7, 11) is 0. The second-order valence-corrected chi connectivity index (χ2v) is 8.72. The molecular formula is C24H30N2O3S. The lowest BCUT2D eigenvalue weighted by atomic mass is 9.85. The molecular weight excluding hydrogens is 396 g/mol. The zero-order chi connectivity index (χ0) is 21.1. The third-order valence-electron chi connectivity index (χ3n) is 5.69. The van der Waals surface area contributed by atoms with Crippen LogP contribution in [0.1, 0.15) is 36.6 Å². The van der Waals surface area contributed by atoms with Crippen LogP contribution in [0.4, 0.5) is 5.69 Å². The third-order valence-corrected chi connectivity index (χ3v) is 6.87. The monoisotopic (exact) mass is 426 g/mol. The highest BCUT2D eigenvalue weighted by Gasteiger charge is 2.40. The quantitative estimate of drug-likeness (QED) is 0.723. The molecule has 0 spiro atoms. The van der Waals surface area contributed by atoms with Crippen LogP contribution in [-0.4, -0.2) is 47.3 Å². The summed E-state index contributed by atoms with van der Waals surface area (Å²) in [6, 6.07) is 12.7. The van der Waals surface area contributed by atoms with Crippen LogP contribution in [0.15, 0.2) is 41.4 Å². The average Bonchev–Trinajstić information content (AvgIpc) is 2.76. The van der Waals surface area contributed by atoms with E-state index in [4.69, 9.17) is 14.5 Å². The van der Waals surface area contributed by atoms with Gasteiger partial charge in [0.1, 0.15) is 0 Å². The number of benzene rings is 2. The van der Waals surface area contributed by atoms with Crippen molar-refractivity contribution in [2.75, 3.05) is 32.1 Å². The van der Waals surface area contributed by atoms with Crippen LogP contribution in [-0.2, 0) is 6.42 Å². The first-order chi connectivity index (χ1) is 14.6. The lowest BCUT2D eigenvalue weighted by molar-refractivity contribution is 0.148. The number of hydrogen-bond acceptors (Lipinski definition) is 5. The van der Waals surface area contributed by atoms with Crippen LogP contribution in [0, 0.1) is 12.8 Å². The Hall–Kier alpha value is -2.18. The van der Waals surface area contributed by atoms with Gasteiger partial charge in [0.15, 0.2) is 16.7 Å². The molecule has 0 bridgehead atoms. The molecule has 2 atom stereocenters. The van der Waals surface area contributed by atoms with Crippen LogP contribution in [0.5, 0.6) is 11.5 Å². The minimum Gasteiger partial charge on any atom is -0.490 e. The van der Waals surface area contributed by atoms with Gasteiger partial charge in [0.25, 0.3) is 0 Å². The van der Waals surface area contributed by atoms with Gasteiger partial charge in [-0.3, -0.25) is 0 Å². The van der Waals surface area contributed by atoms with Gasteiger partial charge in [0.05, 0.1) is 24.9 Å². The Balaban J connectivity index is 1.73. The Bertz CT molecular complexity index is 913. The maximum absolute atomic E-state index is 10.1. The largest absolute Gasteiger partial charge is 0.490 e. The predicted octanol–water partition coefficient (Wildman–Crippen LogP) is 4.73. The number of thioether (sulfide) groups is 1. The Morgan fingerprint density at radius 2 is 1.80 bits per heavy atom. The molecule has 0 aromatic heterocycles. The number of ether oxygens (including phenoxy) is 2. The zero-order valence-corrected chi connectivity index (χ0v) is 18.7. The molecule has 0 saturated carbocycles. The normalized spacial score (nSPS) is 21.9. The van der Waals surface area contributed by atoms with Gasteiger partial charge in [0, 0.05) is 24.8 Å². The lowest BCUT2D eigenvalue weighted by Gasteiger charge is -2.46. The summed E-state index contributed by atoms with van der Waals surface area (Å²) in [5, 5.41) is 11.2. The number of rotatable bonds is 6. The number of aliphatic imine (C=N–C) groups is 1. The van der Waals surface area contributed by atoms with E-state index in [1.165, 1.54) is 16.7 Å². The van der Waals surface area contributed by atoms with Gasteiger partial charge in [-0.2, -0.15) is 0 Å². The molecule has 0 aliphatic carbocycles. The summed E-state index contributed by atoms with van der Waals surface area (Å²) in [6.07, 6.45) is 0.921. The molecule has 2 aliphatic rings. The van der Waals surface area contributed by atoms with Crippen molar-refractivity contribution in [3.05, 3.63) is 53.1 Å². The number of aryl methyl sites for hydroxylation is 1. The molecule has 1 saturated heterocycles. The maximum Gasteiger partial charge on any atom is 0.164 e. The molecule has 1 fully saturated rings. The summed E-state index contributed by atoms with van der Waals surface area (Å²) in [5.41, 5.74) is 4.71. The van der Waals surface area contributed by atoms with Crippen molar-refractivity contribution in [3.8, 4) is 11.5 Å². The fourth-order valence-electron chi connectivity index (χ4n) is 4.25. The first-order valence-electron chi connectivity index (χ1n) is 10.7. The van der Waals surface area contributed by atoms with Crippen LogP contribution in [0.25, 0.3) is 0 Å². The van der Waals surface area contributed by atoms with Crippen LogP contribution in [0.2, 0.25) is 0 Å². The standard InChI is InChI=1S/C24H30N2O3S/c1-4-28-21-12-17-10-11-26-23(20(17)13-22(21)29-5-2)18(14-27)15-30-24(26)25-19-8-6-16(3)7-9-19/h6-9,12-13,18,23,27H,4-5,10-11,14-15H2,1-3H3. The van der Waals surface area contributed by atoms with Crippen molar-refractivity contribution in [1.29, 1.82) is 0 Å². The van der Waals surface area contributed by atoms with E-state index >= 15 is 0 Å². The molecule has 5 nitrogen and oxygen atoms in total. The highest BCUT2D eigenvalue weighted by atomic mass is 32.2. The van der Waals surface area contributed by atoms with Crippen molar-refractivity contribution in [2.24, 2.45) is 10.9 Å². The van der Waals surface area contributed by atoms with Gasteiger partial charge in [-0.05, 0) is 62.6 Å². The van der Waals surface area contributed by atoms with Crippen molar-refractivity contribution in [1.82, 2.24) is 4.90 Å². The van der Waals surface area contributed by atoms with Gasteiger partial charge in [-0.25, -0.2) is 4.99 Å². The molecule has 2 aromatic carbocycles. The van der Waals surface area contributed by atoms with Gasteiger partial charge in [0.2, 0.25) is 0 Å². The van der Waals surface area contributed by atoms with Crippen molar-refractivity contribution < 1.29 is 14.6 Å².